The summed E-state index contributed by atoms with van der Waals surface area (Å²) in [5.74, 6) is -2.42. The van der Waals surface area contributed by atoms with Crippen LogP contribution in [0.2, 0.25) is 0 Å². The highest BCUT2D eigenvalue weighted by Gasteiger charge is 2.75. The van der Waals surface area contributed by atoms with E-state index in [1.165, 1.54) is 36.7 Å². The number of hydrogen-bond donors (Lipinski definition) is 0. The Morgan fingerprint density at radius 3 is 1.56 bits per heavy atom. The normalized spacial score (nSPS) is 14.6. The van der Waals surface area contributed by atoms with Crippen LogP contribution in [0.4, 0.5) is 26.3 Å². The maximum atomic E-state index is 12.4. The average Bonchev–Trinajstić information content (AvgIpc) is 2.07. The molecule has 0 aliphatic heterocycles. The minimum absolute atomic E-state index is 0.564. The minimum Gasteiger partial charge on any atom is -0.464 e. The molecule has 18 heavy (non-hydrogen) atoms. The number of carbonyl (C=O) groups is 1. The van der Waals surface area contributed by atoms with E-state index in [2.05, 4.69) is 4.74 Å². The summed E-state index contributed by atoms with van der Waals surface area (Å²) in [7, 11) is 0. The SMILES string of the molecule is CC(C)(C)COC(=O)C(Br)(C(F)(F)F)C(F)(F)F. The van der Waals surface area contributed by atoms with Crippen molar-refractivity contribution in [3.05, 3.63) is 0 Å². The van der Waals surface area contributed by atoms with Gasteiger partial charge in [0.25, 0.3) is 0 Å². The van der Waals surface area contributed by atoms with E-state index in [4.69, 9.17) is 0 Å². The second-order valence-corrected chi connectivity index (χ2v) is 5.98. The summed E-state index contributed by atoms with van der Waals surface area (Å²) in [6.45, 7) is 3.93. The lowest BCUT2D eigenvalue weighted by Crippen LogP contribution is -2.58. The summed E-state index contributed by atoms with van der Waals surface area (Å²) < 4.78 is 73.8. The highest BCUT2D eigenvalue weighted by atomic mass is 79.9. The molecular weight excluding hydrogens is 334 g/mol. The van der Waals surface area contributed by atoms with Crippen LogP contribution in [0.15, 0.2) is 0 Å². The Morgan fingerprint density at radius 2 is 1.33 bits per heavy atom. The number of hydrogen-bond acceptors (Lipinski definition) is 2. The zero-order chi connectivity index (χ0) is 15.0. The van der Waals surface area contributed by atoms with Gasteiger partial charge in [-0.3, -0.25) is 0 Å². The summed E-state index contributed by atoms with van der Waals surface area (Å²) in [5.41, 5.74) is -0.749. The van der Waals surface area contributed by atoms with E-state index in [0.29, 0.717) is 0 Å². The van der Waals surface area contributed by atoms with Gasteiger partial charge in [-0.1, -0.05) is 36.7 Å². The molecule has 0 amide bonds. The summed E-state index contributed by atoms with van der Waals surface area (Å²) in [5, 5.41) is 0. The zero-order valence-corrected chi connectivity index (χ0v) is 11.3. The molecule has 0 bridgehead atoms. The Morgan fingerprint density at radius 1 is 1.00 bits per heavy atom. The van der Waals surface area contributed by atoms with Crippen LogP contribution in [0.5, 0.6) is 0 Å². The molecule has 2 nitrogen and oxygen atoms in total. The predicted octanol–water partition coefficient (Wildman–Crippen LogP) is 3.83. The van der Waals surface area contributed by atoms with E-state index in [9.17, 15) is 31.1 Å². The first kappa shape index (κ1) is 17.5. The fourth-order valence-electron chi connectivity index (χ4n) is 0.774. The van der Waals surface area contributed by atoms with E-state index in [1.807, 2.05) is 0 Å². The number of alkyl halides is 7. The smallest absolute Gasteiger partial charge is 0.423 e. The number of carbonyl (C=O) groups excluding carboxylic acids is 1. The van der Waals surface area contributed by atoms with Gasteiger partial charge in [0, 0.05) is 0 Å². The first-order valence-electron chi connectivity index (χ1n) is 4.62. The Balaban J connectivity index is 5.21. The Hall–Kier alpha value is -0.470. The summed E-state index contributed by atoms with van der Waals surface area (Å²) in [6, 6.07) is 0. The highest BCUT2D eigenvalue weighted by Crippen LogP contribution is 2.50. The lowest BCUT2D eigenvalue weighted by Gasteiger charge is -2.30. The number of esters is 1. The first-order chi connectivity index (χ1) is 7.63. The molecule has 0 fully saturated rings. The van der Waals surface area contributed by atoms with E-state index in [-0.39, 0.29) is 0 Å². The molecule has 0 aromatic heterocycles. The Kier molecular flexibility index (Phi) is 4.77. The van der Waals surface area contributed by atoms with Crippen LogP contribution in [0.25, 0.3) is 0 Å². The van der Waals surface area contributed by atoms with Crippen molar-refractivity contribution in [2.45, 2.75) is 37.4 Å². The van der Waals surface area contributed by atoms with Crippen molar-refractivity contribution in [3.63, 3.8) is 0 Å². The zero-order valence-electron chi connectivity index (χ0n) is 9.67. The molecule has 0 aliphatic rings. The second kappa shape index (κ2) is 4.90. The maximum Gasteiger partial charge on any atom is 0.423 e. The van der Waals surface area contributed by atoms with Gasteiger partial charge in [0.05, 0.1) is 6.61 Å². The van der Waals surface area contributed by atoms with Crippen LogP contribution in [0, 0.1) is 5.41 Å². The molecular formula is C9H11BrF6O2. The number of ether oxygens (including phenoxy) is 1. The fraction of sp³-hybridized carbons (Fsp3) is 0.889. The van der Waals surface area contributed by atoms with Gasteiger partial charge in [0.2, 0.25) is 0 Å². The third-order valence-electron chi connectivity index (χ3n) is 1.70. The highest BCUT2D eigenvalue weighted by molar-refractivity contribution is 9.10. The third kappa shape index (κ3) is 3.76. The molecule has 0 N–H and O–H groups in total. The van der Waals surface area contributed by atoms with Crippen LogP contribution in [0.1, 0.15) is 20.8 Å². The first-order valence-corrected chi connectivity index (χ1v) is 5.42. The van der Waals surface area contributed by atoms with Gasteiger partial charge in [-0.25, -0.2) is 4.79 Å². The van der Waals surface area contributed by atoms with Crippen molar-refractivity contribution in [2.75, 3.05) is 6.61 Å². The Bertz CT molecular complexity index is 300. The second-order valence-electron chi connectivity index (χ2n) is 4.79. The largest absolute Gasteiger partial charge is 0.464 e. The van der Waals surface area contributed by atoms with Crippen LogP contribution >= 0.6 is 15.9 Å². The lowest BCUT2D eigenvalue weighted by molar-refractivity contribution is -0.263. The molecule has 0 unspecified atom stereocenters. The summed E-state index contributed by atoms with van der Waals surface area (Å²) in [6.07, 6.45) is -11.7. The van der Waals surface area contributed by atoms with Gasteiger partial charge in [-0.15, -0.1) is 0 Å². The monoisotopic (exact) mass is 344 g/mol. The van der Waals surface area contributed by atoms with Gasteiger partial charge in [-0.05, 0) is 5.41 Å². The van der Waals surface area contributed by atoms with Gasteiger partial charge >= 0.3 is 22.6 Å². The fourth-order valence-corrected chi connectivity index (χ4v) is 0.888. The van der Waals surface area contributed by atoms with E-state index in [1.54, 1.807) is 0 Å². The molecule has 0 spiro atoms. The molecule has 0 aromatic rings. The van der Waals surface area contributed by atoms with Crippen LogP contribution < -0.4 is 0 Å². The molecule has 108 valence electrons. The standard InChI is InChI=1S/C9H11BrF6O2/c1-6(2,3)4-18-5(17)7(10,8(11,12)13)9(14,15)16/h4H2,1-3H3. The number of halogens is 7. The topological polar surface area (TPSA) is 26.3 Å². The van der Waals surface area contributed by atoms with Gasteiger partial charge in [-0.2, -0.15) is 26.3 Å². The predicted molar refractivity (Wildman–Crippen MR) is 54.2 cm³/mol. The molecule has 0 saturated carbocycles. The maximum absolute atomic E-state index is 12.4. The molecule has 0 radical (unpaired) electrons. The molecule has 9 heteroatoms. The van der Waals surface area contributed by atoms with Crippen LogP contribution in [0.3, 0.4) is 0 Å². The van der Waals surface area contributed by atoms with E-state index < -0.39 is 34.7 Å². The molecule has 0 heterocycles. The van der Waals surface area contributed by atoms with Crippen molar-refractivity contribution >= 4 is 21.9 Å². The van der Waals surface area contributed by atoms with Crippen molar-refractivity contribution in [1.82, 2.24) is 0 Å². The Labute approximate surface area is 108 Å². The molecule has 0 saturated heterocycles. The van der Waals surface area contributed by atoms with Gasteiger partial charge < -0.3 is 4.74 Å². The van der Waals surface area contributed by atoms with Gasteiger partial charge in [0.15, 0.2) is 0 Å². The van der Waals surface area contributed by atoms with E-state index in [0.717, 1.165) is 0 Å². The number of rotatable bonds is 2. The van der Waals surface area contributed by atoms with Crippen molar-refractivity contribution in [3.8, 4) is 0 Å². The molecule has 0 atom stereocenters. The van der Waals surface area contributed by atoms with Crippen LogP contribution in [-0.2, 0) is 9.53 Å². The quantitative estimate of drug-likeness (QED) is 0.432. The third-order valence-corrected chi connectivity index (χ3v) is 2.92. The molecule has 0 aromatic carbocycles. The van der Waals surface area contributed by atoms with E-state index >= 15 is 0 Å². The van der Waals surface area contributed by atoms with Gasteiger partial charge in [0.1, 0.15) is 0 Å². The average molecular weight is 345 g/mol. The lowest BCUT2D eigenvalue weighted by atomic mass is 9.98. The van der Waals surface area contributed by atoms with Crippen molar-refractivity contribution < 1.29 is 35.9 Å². The summed E-state index contributed by atoms with van der Waals surface area (Å²) in [4.78, 5) is 11.1. The van der Waals surface area contributed by atoms with Crippen LogP contribution in [-0.4, -0.2) is 29.3 Å². The molecule has 0 aliphatic carbocycles. The summed E-state index contributed by atoms with van der Waals surface area (Å²) >= 11 is 1.44. The minimum atomic E-state index is -5.85. The van der Waals surface area contributed by atoms with Crippen molar-refractivity contribution in [1.29, 1.82) is 0 Å². The molecule has 0 rings (SSSR count). The van der Waals surface area contributed by atoms with Crippen molar-refractivity contribution in [2.24, 2.45) is 5.41 Å².